The summed E-state index contributed by atoms with van der Waals surface area (Å²) in [5, 5.41) is 3.27. The van der Waals surface area contributed by atoms with Gasteiger partial charge in [0.2, 0.25) is 15.7 Å². The van der Waals surface area contributed by atoms with Crippen LogP contribution in [0, 0.1) is 0 Å². The number of anilines is 2. The maximum Gasteiger partial charge on any atom is 0.234 e. The molecule has 0 saturated carbocycles. The van der Waals surface area contributed by atoms with Crippen molar-refractivity contribution in [3.8, 4) is 0 Å². The first-order valence-electron chi connectivity index (χ1n) is 7.57. The van der Waals surface area contributed by atoms with E-state index in [0.29, 0.717) is 15.0 Å². The smallest absolute Gasteiger partial charge is 0.234 e. The van der Waals surface area contributed by atoms with Gasteiger partial charge in [-0.2, -0.15) is 0 Å². The molecule has 0 saturated heterocycles. The van der Waals surface area contributed by atoms with Gasteiger partial charge >= 0.3 is 0 Å². The van der Waals surface area contributed by atoms with Crippen LogP contribution >= 0.6 is 46.3 Å². The van der Waals surface area contributed by atoms with Crippen molar-refractivity contribution >= 4 is 73.6 Å². The molecule has 3 N–H and O–H groups in total. The first-order chi connectivity index (χ1) is 13.3. The average Bonchev–Trinajstić information content (AvgIpc) is 3.09. The molecule has 3 rings (SSSR count). The molecule has 28 heavy (non-hydrogen) atoms. The third kappa shape index (κ3) is 4.76. The lowest BCUT2D eigenvalue weighted by atomic mass is 10.3. The molecule has 0 aliphatic heterocycles. The molecule has 0 fully saturated rings. The Morgan fingerprint density at radius 2 is 1.96 bits per heavy atom. The summed E-state index contributed by atoms with van der Waals surface area (Å²) >= 11 is 13.7. The molecule has 0 aliphatic rings. The molecule has 12 heteroatoms. The van der Waals surface area contributed by atoms with Crippen molar-refractivity contribution in [3.63, 3.8) is 0 Å². The Balaban J connectivity index is 1.69. The van der Waals surface area contributed by atoms with Crippen molar-refractivity contribution in [1.82, 2.24) is 9.97 Å². The number of thioether (sulfide) groups is 1. The number of amides is 1. The minimum Gasteiger partial charge on any atom is -0.382 e. The number of aromatic nitrogens is 2. The number of halogens is 2. The van der Waals surface area contributed by atoms with Crippen LogP contribution in [0.4, 0.5) is 11.5 Å². The monoisotopic (exact) mass is 474 g/mol. The van der Waals surface area contributed by atoms with E-state index in [1.165, 1.54) is 12.1 Å². The predicted molar refractivity (Wildman–Crippen MR) is 112 cm³/mol. The van der Waals surface area contributed by atoms with Crippen LogP contribution in [0.1, 0.15) is 0 Å². The second-order valence-corrected chi connectivity index (χ2v) is 10.5. The van der Waals surface area contributed by atoms with E-state index >= 15 is 0 Å². The van der Waals surface area contributed by atoms with Crippen molar-refractivity contribution in [2.45, 2.75) is 14.3 Å². The van der Waals surface area contributed by atoms with Crippen LogP contribution in [0.25, 0.3) is 0 Å². The number of para-hydroxylation sites is 1. The zero-order valence-corrected chi connectivity index (χ0v) is 17.9. The van der Waals surface area contributed by atoms with E-state index < -0.39 is 9.84 Å². The molecular formula is C16H12Cl2N4O3S3. The maximum atomic E-state index is 12.6. The Hall–Kier alpha value is -1.85. The fraction of sp³-hybridized carbons (Fsp3) is 0.0625. The molecule has 0 radical (unpaired) electrons. The molecule has 0 spiro atoms. The van der Waals surface area contributed by atoms with Gasteiger partial charge < -0.3 is 11.1 Å². The van der Waals surface area contributed by atoms with Gasteiger partial charge in [0.05, 0.1) is 27.0 Å². The quantitative estimate of drug-likeness (QED) is 0.409. The average molecular weight is 475 g/mol. The number of carbonyl (C=O) groups is 1. The number of benzene rings is 1. The van der Waals surface area contributed by atoms with E-state index in [1.54, 1.807) is 24.3 Å². The second kappa shape index (κ2) is 8.66. The van der Waals surface area contributed by atoms with Gasteiger partial charge in [-0.15, -0.1) is 11.3 Å². The van der Waals surface area contributed by atoms with E-state index in [4.69, 9.17) is 28.9 Å². The van der Waals surface area contributed by atoms with Gasteiger partial charge in [-0.1, -0.05) is 47.1 Å². The molecule has 3 aromatic rings. The van der Waals surface area contributed by atoms with E-state index in [0.717, 1.165) is 29.3 Å². The Labute approximate surface area is 179 Å². The zero-order valence-electron chi connectivity index (χ0n) is 13.9. The van der Waals surface area contributed by atoms with Crippen LogP contribution in [0.15, 0.2) is 56.9 Å². The van der Waals surface area contributed by atoms with Gasteiger partial charge in [-0.3, -0.25) is 4.79 Å². The number of thiophene rings is 1. The number of carbonyl (C=O) groups excluding carboxylic acids is 1. The summed E-state index contributed by atoms with van der Waals surface area (Å²) in [4.78, 5) is 19.8. The molecule has 146 valence electrons. The topological polar surface area (TPSA) is 115 Å². The molecule has 0 unspecified atom stereocenters. The van der Waals surface area contributed by atoms with E-state index in [2.05, 4.69) is 15.3 Å². The SMILES string of the molecule is Nc1nc(SCC(=O)Nc2ccccc2Cl)ncc1S(=O)(=O)c1ccc(Cl)s1. The van der Waals surface area contributed by atoms with Crippen molar-refractivity contribution in [3.05, 3.63) is 52.0 Å². The van der Waals surface area contributed by atoms with Gasteiger partial charge in [-0.25, -0.2) is 18.4 Å². The lowest BCUT2D eigenvalue weighted by molar-refractivity contribution is -0.113. The summed E-state index contributed by atoms with van der Waals surface area (Å²) in [5.41, 5.74) is 6.30. The van der Waals surface area contributed by atoms with E-state index in [-0.39, 0.29) is 31.7 Å². The highest BCUT2D eigenvalue weighted by Gasteiger charge is 2.24. The number of sulfone groups is 1. The molecule has 0 aliphatic carbocycles. The molecule has 7 nitrogen and oxygen atoms in total. The minimum atomic E-state index is -3.86. The predicted octanol–water partition coefficient (Wildman–Crippen LogP) is 3.99. The van der Waals surface area contributed by atoms with Crippen molar-refractivity contribution in [1.29, 1.82) is 0 Å². The number of hydrogen-bond donors (Lipinski definition) is 2. The summed E-state index contributed by atoms with van der Waals surface area (Å²) in [5.74, 6) is -0.518. The van der Waals surface area contributed by atoms with Gasteiger partial charge in [0.15, 0.2) is 5.16 Å². The highest BCUT2D eigenvalue weighted by atomic mass is 35.5. The fourth-order valence-corrected chi connectivity index (χ4v) is 5.75. The normalized spacial score (nSPS) is 11.4. The van der Waals surface area contributed by atoms with E-state index in [1.807, 2.05) is 0 Å². The summed E-state index contributed by atoms with van der Waals surface area (Å²) in [7, 11) is -3.86. The Morgan fingerprint density at radius 1 is 1.21 bits per heavy atom. The molecule has 0 atom stereocenters. The van der Waals surface area contributed by atoms with E-state index in [9.17, 15) is 13.2 Å². The number of nitrogen functional groups attached to an aromatic ring is 1. The Morgan fingerprint density at radius 3 is 2.61 bits per heavy atom. The Kier molecular flexibility index (Phi) is 6.46. The number of nitrogens with two attached hydrogens (primary N) is 1. The lowest BCUT2D eigenvalue weighted by Crippen LogP contribution is -2.15. The molecule has 0 bridgehead atoms. The van der Waals surface area contributed by atoms with Crippen LogP contribution in [-0.2, 0) is 14.6 Å². The molecular weight excluding hydrogens is 463 g/mol. The third-order valence-electron chi connectivity index (χ3n) is 3.34. The zero-order chi connectivity index (χ0) is 20.3. The second-order valence-electron chi connectivity index (χ2n) is 5.28. The van der Waals surface area contributed by atoms with Crippen molar-refractivity contribution in [2.75, 3.05) is 16.8 Å². The number of nitrogens with one attached hydrogen (secondary N) is 1. The van der Waals surface area contributed by atoms with Crippen LogP contribution in [0.2, 0.25) is 9.36 Å². The largest absolute Gasteiger partial charge is 0.382 e. The number of rotatable bonds is 6. The van der Waals surface area contributed by atoms with Gasteiger partial charge in [0, 0.05) is 0 Å². The maximum absolute atomic E-state index is 12.6. The van der Waals surface area contributed by atoms with Crippen LogP contribution < -0.4 is 11.1 Å². The third-order valence-corrected chi connectivity index (χ3v) is 8.03. The first-order valence-corrected chi connectivity index (χ1v) is 11.6. The van der Waals surface area contributed by atoms with Crippen molar-refractivity contribution < 1.29 is 13.2 Å². The highest BCUT2D eigenvalue weighted by molar-refractivity contribution is 7.99. The molecule has 1 amide bonds. The molecule has 2 aromatic heterocycles. The minimum absolute atomic E-state index is 0.00269. The van der Waals surface area contributed by atoms with Gasteiger partial charge in [0.1, 0.15) is 14.9 Å². The lowest BCUT2D eigenvalue weighted by Gasteiger charge is -2.08. The van der Waals surface area contributed by atoms with Gasteiger partial charge in [-0.05, 0) is 24.3 Å². The highest BCUT2D eigenvalue weighted by Crippen LogP contribution is 2.32. The first kappa shape index (κ1) is 20.9. The molecule has 1 aromatic carbocycles. The Bertz CT molecular complexity index is 1140. The fourth-order valence-electron chi connectivity index (χ4n) is 2.07. The van der Waals surface area contributed by atoms with Crippen LogP contribution in [0.5, 0.6) is 0 Å². The standard InChI is InChI=1S/C16H12Cl2N4O3S3/c17-9-3-1-2-4-10(9)21-13(23)8-26-16-20-7-11(15(19)22-16)28(24,25)14-6-5-12(18)27-14/h1-7H,8H2,(H,21,23)(H2,19,20,22). The summed E-state index contributed by atoms with van der Waals surface area (Å²) < 4.78 is 25.6. The number of hydrogen-bond acceptors (Lipinski definition) is 8. The van der Waals surface area contributed by atoms with Crippen molar-refractivity contribution in [2.24, 2.45) is 0 Å². The van der Waals surface area contributed by atoms with Crippen LogP contribution in [0.3, 0.4) is 0 Å². The summed E-state index contributed by atoms with van der Waals surface area (Å²) in [6.07, 6.45) is 1.12. The van der Waals surface area contributed by atoms with Crippen LogP contribution in [-0.4, -0.2) is 30.0 Å². The summed E-state index contributed by atoms with van der Waals surface area (Å²) in [6, 6.07) is 9.72. The van der Waals surface area contributed by atoms with Gasteiger partial charge in [0.25, 0.3) is 0 Å². The summed E-state index contributed by atoms with van der Waals surface area (Å²) in [6.45, 7) is 0. The number of nitrogens with zero attached hydrogens (tertiary/aromatic N) is 2. The molecule has 2 heterocycles.